The Morgan fingerprint density at radius 1 is 1.78 bits per heavy atom. The summed E-state index contributed by atoms with van der Waals surface area (Å²) >= 11 is 5.23. The maximum Gasteiger partial charge on any atom is 0.161 e. The molecule has 0 aromatic rings. The molecule has 0 bridgehead atoms. The van der Waals surface area contributed by atoms with E-state index in [-0.39, 0.29) is 6.00 Å². The molecule has 0 amide bonds. The number of hydrogen-bond acceptors (Lipinski definition) is 2. The molecule has 0 saturated carbocycles. The van der Waals surface area contributed by atoms with E-state index in [1.54, 1.807) is 0 Å². The molecule has 0 N–H and O–H groups in total. The Kier molecular flexibility index (Phi) is 4.13. The van der Waals surface area contributed by atoms with Gasteiger partial charge in [-0.3, -0.25) is 0 Å². The van der Waals surface area contributed by atoms with Gasteiger partial charge in [0.05, 0.1) is 6.54 Å². The van der Waals surface area contributed by atoms with Gasteiger partial charge in [-0.25, -0.2) is 10.1 Å². The van der Waals surface area contributed by atoms with Crippen LogP contribution in [-0.2, 0) is 0 Å². The van der Waals surface area contributed by atoms with E-state index in [2.05, 4.69) is 0 Å². The van der Waals surface area contributed by atoms with Gasteiger partial charge in [-0.1, -0.05) is 18.5 Å². The van der Waals surface area contributed by atoms with Crippen molar-refractivity contribution in [2.75, 3.05) is 12.5 Å². The summed E-state index contributed by atoms with van der Waals surface area (Å²) in [7, 11) is 0. The normalized spacial score (nSPS) is 9.11. The second-order valence-corrected chi connectivity index (χ2v) is 1.83. The van der Waals surface area contributed by atoms with Crippen molar-refractivity contribution in [2.24, 2.45) is 0 Å². The van der Waals surface area contributed by atoms with Gasteiger partial charge < -0.3 is 0 Å². The summed E-state index contributed by atoms with van der Waals surface area (Å²) in [6.45, 7) is 2.28. The number of nitrogens with zero attached hydrogens (tertiary/aromatic N) is 2. The maximum absolute atomic E-state index is 9.97. The lowest BCUT2D eigenvalue weighted by molar-refractivity contribution is -0.651. The Morgan fingerprint density at radius 3 is 2.44 bits per heavy atom. The molecule has 0 saturated heterocycles. The Bertz CT molecular complexity index is 98.6. The fourth-order valence-corrected chi connectivity index (χ4v) is 0.650. The summed E-state index contributed by atoms with van der Waals surface area (Å²) in [6, 6.07) is -0.0408. The molecular formula is C4H9ClN2O2. The van der Waals surface area contributed by atoms with Gasteiger partial charge in [0.25, 0.3) is 0 Å². The van der Waals surface area contributed by atoms with Gasteiger partial charge in [-0.05, 0) is 6.42 Å². The first-order valence-electron chi connectivity index (χ1n) is 2.67. The highest BCUT2D eigenvalue weighted by atomic mass is 35.5. The van der Waals surface area contributed by atoms with E-state index in [1.165, 1.54) is 0 Å². The number of hydrogen-bond donors (Lipinski definition) is 0. The molecule has 0 aliphatic rings. The van der Waals surface area contributed by atoms with Gasteiger partial charge in [0, 0.05) is 0 Å². The molecule has 0 atom stereocenters. The molecule has 0 aromatic carbocycles. The highest BCUT2D eigenvalue weighted by Gasteiger charge is 2.08. The highest BCUT2D eigenvalue weighted by molar-refractivity contribution is 6.17. The molecule has 0 rings (SSSR count). The molecule has 0 fully saturated rings. The van der Waals surface area contributed by atoms with Gasteiger partial charge in [-0.2, -0.15) is 0 Å². The van der Waals surface area contributed by atoms with Crippen molar-refractivity contribution in [2.45, 2.75) is 13.3 Å². The predicted molar refractivity (Wildman–Crippen MR) is 34.7 cm³/mol. The summed E-state index contributed by atoms with van der Waals surface area (Å²) in [5.41, 5.74) is 0. The third kappa shape index (κ3) is 3.13. The van der Waals surface area contributed by atoms with E-state index in [9.17, 15) is 10.1 Å². The van der Waals surface area contributed by atoms with Crippen molar-refractivity contribution in [3.8, 4) is 0 Å². The number of rotatable bonds is 4. The van der Waals surface area contributed by atoms with Crippen LogP contribution in [0.1, 0.15) is 13.3 Å². The Labute approximate surface area is 58.5 Å². The average Bonchev–Trinajstić information content (AvgIpc) is 1.82. The van der Waals surface area contributed by atoms with Crippen molar-refractivity contribution >= 4 is 11.6 Å². The van der Waals surface area contributed by atoms with E-state index < -0.39 is 5.03 Å². The second kappa shape index (κ2) is 4.38. The lowest BCUT2D eigenvalue weighted by Gasteiger charge is -2.07. The standard InChI is InChI=1S/C4H9ClN2O2/c1-2-3-6(4-5)7(8)9/h2-4H2,1H3. The average molecular weight is 153 g/mol. The molecule has 54 valence electrons. The number of alkyl halides is 1. The van der Waals surface area contributed by atoms with Crippen molar-refractivity contribution in [3.63, 3.8) is 0 Å². The fourth-order valence-electron chi connectivity index (χ4n) is 0.443. The summed E-state index contributed by atoms with van der Waals surface area (Å²) < 4.78 is 0. The van der Waals surface area contributed by atoms with Crippen LogP contribution in [-0.4, -0.2) is 22.6 Å². The molecular weight excluding hydrogens is 144 g/mol. The first-order valence-corrected chi connectivity index (χ1v) is 3.21. The van der Waals surface area contributed by atoms with Crippen LogP contribution in [0, 0.1) is 10.1 Å². The van der Waals surface area contributed by atoms with E-state index in [4.69, 9.17) is 11.6 Å². The molecule has 5 heteroatoms. The lowest BCUT2D eigenvalue weighted by atomic mass is 10.5. The first-order chi connectivity index (χ1) is 4.22. The molecule has 4 nitrogen and oxygen atoms in total. The Morgan fingerprint density at radius 2 is 2.33 bits per heavy atom. The minimum Gasteiger partial charge on any atom is -0.235 e. The van der Waals surface area contributed by atoms with Crippen LogP contribution < -0.4 is 0 Å². The zero-order chi connectivity index (χ0) is 7.28. The molecule has 0 aliphatic heterocycles. The predicted octanol–water partition coefficient (Wildman–Crippen LogP) is 1.09. The van der Waals surface area contributed by atoms with E-state index >= 15 is 0 Å². The van der Waals surface area contributed by atoms with Gasteiger partial charge >= 0.3 is 0 Å². The topological polar surface area (TPSA) is 46.4 Å². The minimum absolute atomic E-state index is 0.0408. The Hall–Kier alpha value is -0.510. The van der Waals surface area contributed by atoms with Crippen LogP contribution in [0.2, 0.25) is 0 Å². The minimum atomic E-state index is -0.490. The quantitative estimate of drug-likeness (QED) is 0.262. The van der Waals surface area contributed by atoms with Crippen molar-refractivity contribution in [1.29, 1.82) is 0 Å². The number of nitro groups is 1. The van der Waals surface area contributed by atoms with Gasteiger partial charge in [0.1, 0.15) is 0 Å². The van der Waals surface area contributed by atoms with Crippen LogP contribution in [0.25, 0.3) is 0 Å². The Balaban J connectivity index is 3.54. The monoisotopic (exact) mass is 152 g/mol. The molecule has 0 spiro atoms. The van der Waals surface area contributed by atoms with E-state index in [1.807, 2.05) is 6.92 Å². The van der Waals surface area contributed by atoms with Gasteiger partial charge in [0.2, 0.25) is 0 Å². The third-order valence-corrected chi connectivity index (χ3v) is 1.13. The van der Waals surface area contributed by atoms with Crippen molar-refractivity contribution < 1.29 is 5.03 Å². The van der Waals surface area contributed by atoms with Crippen LogP contribution in [0.5, 0.6) is 0 Å². The fraction of sp³-hybridized carbons (Fsp3) is 1.00. The summed E-state index contributed by atoms with van der Waals surface area (Å²) in [5, 5.41) is 10.4. The van der Waals surface area contributed by atoms with Crippen LogP contribution >= 0.6 is 11.6 Å². The second-order valence-electron chi connectivity index (χ2n) is 1.59. The first kappa shape index (κ1) is 8.49. The zero-order valence-corrected chi connectivity index (χ0v) is 5.97. The molecule has 0 aliphatic carbocycles. The van der Waals surface area contributed by atoms with Gasteiger partial charge in [-0.15, -0.1) is 5.01 Å². The molecule has 0 heterocycles. The smallest absolute Gasteiger partial charge is 0.161 e. The zero-order valence-electron chi connectivity index (χ0n) is 5.21. The van der Waals surface area contributed by atoms with E-state index in [0.29, 0.717) is 6.54 Å². The number of halogens is 1. The lowest BCUT2D eigenvalue weighted by Crippen LogP contribution is -2.29. The summed E-state index contributed by atoms with van der Waals surface area (Å²) in [6.07, 6.45) is 0.744. The SMILES string of the molecule is CCCN(CCl)[N+](=O)[O-]. The van der Waals surface area contributed by atoms with Crippen molar-refractivity contribution in [3.05, 3.63) is 10.1 Å². The summed E-state index contributed by atoms with van der Waals surface area (Å²) in [4.78, 5) is 9.97. The molecule has 0 aromatic heterocycles. The maximum atomic E-state index is 9.97. The van der Waals surface area contributed by atoms with Crippen LogP contribution in [0.3, 0.4) is 0 Å². The highest BCUT2D eigenvalue weighted by Crippen LogP contribution is 1.92. The van der Waals surface area contributed by atoms with Crippen LogP contribution in [0.4, 0.5) is 0 Å². The molecule has 0 radical (unpaired) electrons. The van der Waals surface area contributed by atoms with Crippen LogP contribution in [0.15, 0.2) is 0 Å². The van der Waals surface area contributed by atoms with Gasteiger partial charge in [0.15, 0.2) is 11.0 Å². The van der Waals surface area contributed by atoms with Crippen molar-refractivity contribution in [1.82, 2.24) is 5.01 Å². The largest absolute Gasteiger partial charge is 0.235 e. The summed E-state index contributed by atoms with van der Waals surface area (Å²) in [5.74, 6) is 0. The third-order valence-electron chi connectivity index (χ3n) is 0.851. The number of hydrazine groups is 1. The molecule has 0 unspecified atom stereocenters. The van der Waals surface area contributed by atoms with E-state index in [0.717, 1.165) is 11.4 Å². The molecule has 9 heavy (non-hydrogen) atoms.